The van der Waals surface area contributed by atoms with Gasteiger partial charge in [-0.25, -0.2) is 4.98 Å². The average molecular weight is 484 g/mol. The molecule has 36 heavy (non-hydrogen) atoms. The number of unbranched alkanes of at least 4 members (excludes halogenated alkanes) is 1. The van der Waals surface area contributed by atoms with Crippen LogP contribution in [0.15, 0.2) is 72.8 Å². The number of benzene rings is 3. The molecule has 3 aromatic carbocycles. The van der Waals surface area contributed by atoms with Crippen LogP contribution < -0.4 is 14.8 Å². The summed E-state index contributed by atoms with van der Waals surface area (Å²) in [4.78, 5) is 17.4. The van der Waals surface area contributed by atoms with Crippen LogP contribution in [0.2, 0.25) is 0 Å². The summed E-state index contributed by atoms with van der Waals surface area (Å²) in [6.45, 7) is 5.74. The van der Waals surface area contributed by atoms with Crippen molar-refractivity contribution in [2.75, 3.05) is 13.7 Å². The molecular formula is C30H33N3O3. The number of nitrogens with zero attached hydrogens (tertiary/aromatic N) is 2. The highest BCUT2D eigenvalue weighted by Gasteiger charge is 2.13. The van der Waals surface area contributed by atoms with Crippen molar-refractivity contribution in [2.24, 2.45) is 0 Å². The molecule has 0 atom stereocenters. The summed E-state index contributed by atoms with van der Waals surface area (Å²) in [6.07, 6.45) is 5.82. The Balaban J connectivity index is 1.36. The van der Waals surface area contributed by atoms with Gasteiger partial charge in [0.2, 0.25) is 0 Å². The van der Waals surface area contributed by atoms with Gasteiger partial charge in [-0.05, 0) is 68.7 Å². The van der Waals surface area contributed by atoms with Gasteiger partial charge in [-0.3, -0.25) is 4.79 Å². The Morgan fingerprint density at radius 2 is 1.83 bits per heavy atom. The smallest absolute Gasteiger partial charge is 0.251 e. The Morgan fingerprint density at radius 1 is 1.03 bits per heavy atom. The van der Waals surface area contributed by atoms with Crippen molar-refractivity contribution < 1.29 is 14.3 Å². The number of aryl methyl sites for hydroxylation is 2. The van der Waals surface area contributed by atoms with Crippen LogP contribution in [0, 0.1) is 6.92 Å². The molecule has 0 aliphatic rings. The quantitative estimate of drug-likeness (QED) is 0.259. The lowest BCUT2D eigenvalue weighted by Gasteiger charge is -2.13. The molecule has 0 bridgehead atoms. The molecule has 0 saturated carbocycles. The Kier molecular flexibility index (Phi) is 8.40. The normalized spacial score (nSPS) is 11.2. The van der Waals surface area contributed by atoms with E-state index in [0.29, 0.717) is 18.7 Å². The number of carbonyl (C=O) groups excluding carboxylic acids is 1. The maximum absolute atomic E-state index is 12.6. The molecule has 0 fully saturated rings. The summed E-state index contributed by atoms with van der Waals surface area (Å²) in [5.74, 6) is 2.23. The molecule has 4 rings (SSSR count). The number of imidazole rings is 1. The van der Waals surface area contributed by atoms with Crippen LogP contribution in [0.25, 0.3) is 17.1 Å². The third kappa shape index (κ3) is 6.13. The number of methoxy groups -OCH3 is 1. The third-order valence-corrected chi connectivity index (χ3v) is 6.03. The maximum Gasteiger partial charge on any atom is 0.251 e. The van der Waals surface area contributed by atoms with E-state index in [9.17, 15) is 4.79 Å². The van der Waals surface area contributed by atoms with Crippen molar-refractivity contribution in [3.63, 3.8) is 0 Å². The number of para-hydroxylation sites is 2. The number of hydrogen-bond acceptors (Lipinski definition) is 4. The molecule has 1 amide bonds. The summed E-state index contributed by atoms with van der Waals surface area (Å²) in [6, 6.07) is 21.6. The zero-order chi connectivity index (χ0) is 25.3. The van der Waals surface area contributed by atoms with Gasteiger partial charge in [0.05, 0.1) is 31.3 Å². The molecule has 6 nitrogen and oxygen atoms in total. The Hall–Kier alpha value is -4.06. The minimum atomic E-state index is -0.101. The van der Waals surface area contributed by atoms with Crippen LogP contribution in [0.5, 0.6) is 11.5 Å². The number of amides is 1. The summed E-state index contributed by atoms with van der Waals surface area (Å²) < 4.78 is 13.7. The van der Waals surface area contributed by atoms with Crippen molar-refractivity contribution >= 4 is 23.0 Å². The van der Waals surface area contributed by atoms with E-state index in [1.165, 1.54) is 0 Å². The highest BCUT2D eigenvalue weighted by atomic mass is 16.5. The summed E-state index contributed by atoms with van der Waals surface area (Å²) >= 11 is 0. The molecule has 0 saturated heterocycles. The van der Waals surface area contributed by atoms with Crippen LogP contribution in [0.3, 0.4) is 0 Å². The second-order valence-electron chi connectivity index (χ2n) is 8.68. The van der Waals surface area contributed by atoms with Crippen molar-refractivity contribution in [3.8, 4) is 11.5 Å². The number of allylic oxidation sites excluding steroid dienone is 1. The summed E-state index contributed by atoms with van der Waals surface area (Å²) in [7, 11) is 1.66. The second kappa shape index (κ2) is 12.1. The number of nitrogens with one attached hydrogen (secondary N) is 1. The number of ether oxygens (including phenoxy) is 2. The van der Waals surface area contributed by atoms with Gasteiger partial charge in [0, 0.05) is 12.1 Å². The third-order valence-electron chi connectivity index (χ3n) is 6.03. The zero-order valence-corrected chi connectivity index (χ0v) is 21.2. The minimum absolute atomic E-state index is 0.101. The SMILES string of the molecule is C/C=C/c1ccc(OCCCCn2c(CNC(=O)c3ccc(C)cc3)nc3ccccc32)c(OC)c1. The molecule has 1 aromatic heterocycles. The van der Waals surface area contributed by atoms with Crippen molar-refractivity contribution in [2.45, 2.75) is 39.8 Å². The Morgan fingerprint density at radius 3 is 2.61 bits per heavy atom. The first-order chi connectivity index (χ1) is 17.6. The van der Waals surface area contributed by atoms with Gasteiger partial charge in [-0.1, -0.05) is 48.0 Å². The molecular weight excluding hydrogens is 450 g/mol. The number of fused-ring (bicyclic) bond motifs is 1. The zero-order valence-electron chi connectivity index (χ0n) is 21.2. The largest absolute Gasteiger partial charge is 0.493 e. The van der Waals surface area contributed by atoms with Crippen LogP contribution in [-0.2, 0) is 13.1 Å². The number of rotatable bonds is 11. The summed E-state index contributed by atoms with van der Waals surface area (Å²) in [5, 5.41) is 3.02. The predicted octanol–water partition coefficient (Wildman–Crippen LogP) is 6.18. The lowest BCUT2D eigenvalue weighted by atomic mass is 10.1. The van der Waals surface area contributed by atoms with Crippen molar-refractivity contribution in [1.82, 2.24) is 14.9 Å². The van der Waals surface area contributed by atoms with Gasteiger partial charge in [-0.2, -0.15) is 0 Å². The Labute approximate surface area is 212 Å². The molecule has 4 aromatic rings. The molecule has 1 heterocycles. The highest BCUT2D eigenvalue weighted by molar-refractivity contribution is 5.94. The van der Waals surface area contributed by atoms with Crippen LogP contribution >= 0.6 is 0 Å². The van der Waals surface area contributed by atoms with Gasteiger partial charge in [0.25, 0.3) is 5.91 Å². The Bertz CT molecular complexity index is 1340. The number of aromatic nitrogens is 2. The maximum atomic E-state index is 12.6. The predicted molar refractivity (Wildman–Crippen MR) is 145 cm³/mol. The van der Waals surface area contributed by atoms with E-state index in [1.54, 1.807) is 7.11 Å². The van der Waals surface area contributed by atoms with Crippen molar-refractivity contribution in [1.29, 1.82) is 0 Å². The first-order valence-corrected chi connectivity index (χ1v) is 12.3. The standard InChI is InChI=1S/C30H33N3O3/c1-4-9-23-14-17-27(28(20-23)35-3)36-19-8-7-18-33-26-11-6-5-10-25(26)32-29(33)21-31-30(34)24-15-12-22(2)13-16-24/h4-6,9-17,20H,7-8,18-19,21H2,1-3H3,(H,31,34)/b9-4+. The van der Waals surface area contributed by atoms with E-state index in [4.69, 9.17) is 14.5 Å². The number of carbonyl (C=O) groups is 1. The van der Waals surface area contributed by atoms with E-state index in [0.717, 1.165) is 58.9 Å². The first kappa shape index (κ1) is 25.0. The fourth-order valence-corrected chi connectivity index (χ4v) is 4.13. The second-order valence-corrected chi connectivity index (χ2v) is 8.68. The van der Waals surface area contributed by atoms with Gasteiger partial charge >= 0.3 is 0 Å². The average Bonchev–Trinajstić information content (AvgIpc) is 3.25. The topological polar surface area (TPSA) is 65.4 Å². The highest BCUT2D eigenvalue weighted by Crippen LogP contribution is 2.29. The van der Waals surface area contributed by atoms with E-state index in [1.807, 2.05) is 86.7 Å². The lowest BCUT2D eigenvalue weighted by Crippen LogP contribution is -2.24. The molecule has 0 aliphatic carbocycles. The van der Waals surface area contributed by atoms with E-state index in [2.05, 4.69) is 16.0 Å². The van der Waals surface area contributed by atoms with E-state index < -0.39 is 0 Å². The fourth-order valence-electron chi connectivity index (χ4n) is 4.13. The van der Waals surface area contributed by atoms with Crippen LogP contribution in [0.1, 0.15) is 47.1 Å². The van der Waals surface area contributed by atoms with Gasteiger partial charge in [0.1, 0.15) is 5.82 Å². The fraction of sp³-hybridized carbons (Fsp3) is 0.267. The first-order valence-electron chi connectivity index (χ1n) is 12.3. The van der Waals surface area contributed by atoms with Crippen LogP contribution in [0.4, 0.5) is 0 Å². The molecule has 6 heteroatoms. The summed E-state index contributed by atoms with van der Waals surface area (Å²) in [5.41, 5.74) is 4.85. The molecule has 186 valence electrons. The monoisotopic (exact) mass is 483 g/mol. The van der Waals surface area contributed by atoms with Crippen LogP contribution in [-0.4, -0.2) is 29.2 Å². The van der Waals surface area contributed by atoms with Gasteiger partial charge in [0.15, 0.2) is 11.5 Å². The van der Waals surface area contributed by atoms with Gasteiger partial charge < -0.3 is 19.4 Å². The molecule has 1 N–H and O–H groups in total. The minimum Gasteiger partial charge on any atom is -0.493 e. The molecule has 0 radical (unpaired) electrons. The molecule has 0 spiro atoms. The van der Waals surface area contributed by atoms with E-state index >= 15 is 0 Å². The lowest BCUT2D eigenvalue weighted by molar-refractivity contribution is 0.0949. The van der Waals surface area contributed by atoms with Gasteiger partial charge in [-0.15, -0.1) is 0 Å². The van der Waals surface area contributed by atoms with E-state index in [-0.39, 0.29) is 5.91 Å². The molecule has 0 unspecified atom stereocenters. The molecule has 0 aliphatic heterocycles. The number of hydrogen-bond donors (Lipinski definition) is 1. The van der Waals surface area contributed by atoms with Crippen molar-refractivity contribution in [3.05, 3.63) is 95.3 Å².